The molecule has 180 valence electrons. The molecule has 0 aromatic heterocycles. The van der Waals surface area contributed by atoms with Gasteiger partial charge in [0.15, 0.2) is 11.5 Å². The molecule has 10 heteroatoms. The highest BCUT2D eigenvalue weighted by Gasteiger charge is 2.70. The molecule has 3 N–H and O–H groups in total. The third-order valence-corrected chi connectivity index (χ3v) is 7.41. The molecule has 0 aliphatic carbocycles. The van der Waals surface area contributed by atoms with E-state index in [2.05, 4.69) is 10.6 Å². The normalized spacial score (nSPS) is 28.0. The van der Waals surface area contributed by atoms with Crippen molar-refractivity contribution in [1.82, 2.24) is 10.2 Å². The van der Waals surface area contributed by atoms with Gasteiger partial charge in [-0.3, -0.25) is 29.4 Å². The highest BCUT2D eigenvalue weighted by molar-refractivity contribution is 6.15. The van der Waals surface area contributed by atoms with Crippen LogP contribution in [0.4, 0.5) is 5.69 Å². The molecule has 0 radical (unpaired) electrons. The van der Waals surface area contributed by atoms with Crippen molar-refractivity contribution in [3.63, 3.8) is 0 Å². The van der Waals surface area contributed by atoms with E-state index >= 15 is 0 Å². The van der Waals surface area contributed by atoms with Gasteiger partial charge in [-0.05, 0) is 37.1 Å². The van der Waals surface area contributed by atoms with Crippen LogP contribution in [-0.2, 0) is 31.3 Å². The number of carbonyl (C=O) groups is 4. The molecule has 4 aliphatic heterocycles. The van der Waals surface area contributed by atoms with E-state index < -0.39 is 47.1 Å². The Labute approximate surface area is 200 Å². The van der Waals surface area contributed by atoms with E-state index in [1.54, 1.807) is 24.3 Å². The van der Waals surface area contributed by atoms with Crippen molar-refractivity contribution in [3.05, 3.63) is 53.1 Å². The number of hydrogen-bond acceptors (Lipinski definition) is 7. The number of carbonyl (C=O) groups excluding carboxylic acids is 3. The van der Waals surface area contributed by atoms with Crippen molar-refractivity contribution >= 4 is 29.4 Å². The minimum absolute atomic E-state index is 0.0192. The summed E-state index contributed by atoms with van der Waals surface area (Å²) in [4.78, 5) is 53.4. The van der Waals surface area contributed by atoms with E-state index in [1.165, 1.54) is 4.90 Å². The molecule has 4 heterocycles. The Bertz CT molecular complexity index is 1310. The van der Waals surface area contributed by atoms with Crippen LogP contribution < -0.4 is 20.1 Å². The number of benzene rings is 2. The first-order valence-electron chi connectivity index (χ1n) is 11.5. The smallest absolute Gasteiger partial charge is 0.303 e. The summed E-state index contributed by atoms with van der Waals surface area (Å²) < 4.78 is 10.7. The number of ether oxygens (including phenoxy) is 2. The van der Waals surface area contributed by atoms with Crippen LogP contribution in [0.5, 0.6) is 11.5 Å². The van der Waals surface area contributed by atoms with Crippen molar-refractivity contribution < 1.29 is 33.8 Å². The second-order valence-corrected chi connectivity index (χ2v) is 9.45. The van der Waals surface area contributed by atoms with Crippen molar-refractivity contribution in [2.45, 2.75) is 37.9 Å². The number of imide groups is 1. The number of amides is 3. The van der Waals surface area contributed by atoms with E-state index in [-0.39, 0.29) is 26.2 Å². The molecule has 35 heavy (non-hydrogen) atoms. The number of rotatable bonds is 5. The zero-order valence-electron chi connectivity index (χ0n) is 18.9. The summed E-state index contributed by atoms with van der Waals surface area (Å²) in [7, 11) is 0. The molecule has 3 amide bonds. The molecule has 4 aliphatic rings. The summed E-state index contributed by atoms with van der Waals surface area (Å²) in [5.74, 6) is -2.98. The number of carboxylic acids is 1. The second kappa shape index (κ2) is 7.54. The Hall–Kier alpha value is -3.92. The number of anilines is 1. The topological polar surface area (TPSA) is 134 Å². The maximum absolute atomic E-state index is 13.8. The zero-order valence-corrected chi connectivity index (χ0v) is 18.9. The number of nitrogens with zero attached hydrogens (tertiary/aromatic N) is 1. The number of likely N-dealkylation sites (tertiary alicyclic amines) is 1. The molecular weight excluding hydrogens is 454 g/mol. The van der Waals surface area contributed by atoms with Crippen molar-refractivity contribution in [2.24, 2.45) is 11.8 Å². The molecule has 10 nitrogen and oxygen atoms in total. The lowest BCUT2D eigenvalue weighted by atomic mass is 9.76. The number of carboxylic acid groups (broad SMARTS) is 1. The Morgan fingerprint density at radius 3 is 2.71 bits per heavy atom. The first kappa shape index (κ1) is 21.6. The third-order valence-electron chi connectivity index (χ3n) is 7.41. The summed E-state index contributed by atoms with van der Waals surface area (Å²) in [5.41, 5.74) is 1.35. The minimum atomic E-state index is -1.44. The lowest BCUT2D eigenvalue weighted by molar-refractivity contribution is -0.144. The van der Waals surface area contributed by atoms with Gasteiger partial charge in [-0.25, -0.2) is 0 Å². The van der Waals surface area contributed by atoms with Crippen LogP contribution in [0.2, 0.25) is 0 Å². The second-order valence-electron chi connectivity index (χ2n) is 9.45. The lowest BCUT2D eigenvalue weighted by Crippen LogP contribution is -2.53. The first-order chi connectivity index (χ1) is 16.8. The number of nitrogens with one attached hydrogen (secondary N) is 2. The molecule has 4 atom stereocenters. The fraction of sp³-hybridized carbons (Fsp3) is 0.360. The van der Waals surface area contributed by atoms with Crippen LogP contribution in [0.3, 0.4) is 0 Å². The monoisotopic (exact) mass is 477 g/mol. The van der Waals surface area contributed by atoms with E-state index in [0.29, 0.717) is 28.3 Å². The molecule has 6 rings (SSSR count). The fourth-order valence-corrected chi connectivity index (χ4v) is 5.88. The highest BCUT2D eigenvalue weighted by Crippen LogP contribution is 2.54. The Morgan fingerprint density at radius 1 is 1.11 bits per heavy atom. The van der Waals surface area contributed by atoms with Gasteiger partial charge < -0.3 is 19.9 Å². The van der Waals surface area contributed by atoms with E-state index in [9.17, 15) is 24.3 Å². The molecule has 2 aromatic rings. The van der Waals surface area contributed by atoms with E-state index in [4.69, 9.17) is 9.47 Å². The van der Waals surface area contributed by atoms with Crippen LogP contribution >= 0.6 is 0 Å². The summed E-state index contributed by atoms with van der Waals surface area (Å²) in [6.45, 7) is 2.02. The fourth-order valence-electron chi connectivity index (χ4n) is 5.88. The molecule has 2 saturated heterocycles. The van der Waals surface area contributed by atoms with Gasteiger partial charge in [-0.2, -0.15) is 0 Å². The third kappa shape index (κ3) is 3.06. The molecule has 0 bridgehead atoms. The maximum atomic E-state index is 13.8. The van der Waals surface area contributed by atoms with Gasteiger partial charge in [0.2, 0.25) is 24.5 Å². The zero-order chi connectivity index (χ0) is 24.5. The Morgan fingerprint density at radius 2 is 1.91 bits per heavy atom. The largest absolute Gasteiger partial charge is 0.481 e. The average Bonchev–Trinajstić information content (AvgIpc) is 3.55. The molecule has 0 unspecified atom stereocenters. The van der Waals surface area contributed by atoms with Gasteiger partial charge in [-0.1, -0.05) is 23.8 Å². The average molecular weight is 477 g/mol. The van der Waals surface area contributed by atoms with Gasteiger partial charge >= 0.3 is 5.97 Å². The van der Waals surface area contributed by atoms with Gasteiger partial charge in [0, 0.05) is 23.7 Å². The van der Waals surface area contributed by atoms with Crippen LogP contribution in [-0.4, -0.2) is 46.5 Å². The summed E-state index contributed by atoms with van der Waals surface area (Å²) in [6.07, 6.45) is -0.0769. The van der Waals surface area contributed by atoms with Gasteiger partial charge in [-0.15, -0.1) is 0 Å². The molecule has 2 aromatic carbocycles. The number of aryl methyl sites for hydroxylation is 1. The van der Waals surface area contributed by atoms with Crippen molar-refractivity contribution in [3.8, 4) is 11.5 Å². The molecule has 0 saturated carbocycles. The predicted molar refractivity (Wildman–Crippen MR) is 120 cm³/mol. The quantitative estimate of drug-likeness (QED) is 0.552. The van der Waals surface area contributed by atoms with Crippen molar-refractivity contribution in [2.75, 3.05) is 12.1 Å². The van der Waals surface area contributed by atoms with Crippen LogP contribution in [0.25, 0.3) is 0 Å². The van der Waals surface area contributed by atoms with Gasteiger partial charge in [0.05, 0.1) is 18.4 Å². The predicted octanol–water partition coefficient (Wildman–Crippen LogP) is 1.51. The SMILES string of the molecule is Cc1ccc2c(c1)[C@@]1(N[C@H](CCC(=O)O)[C@H]3C(=O)N(Cc4ccc5c(c4)OCO5)C(=O)[C@@H]31)C(=O)N2. The number of fused-ring (bicyclic) bond motifs is 5. The first-order valence-corrected chi connectivity index (χ1v) is 11.5. The number of hydrogen-bond donors (Lipinski definition) is 3. The summed E-state index contributed by atoms with van der Waals surface area (Å²) in [6, 6.07) is 10.1. The molecule has 1 spiro atoms. The minimum Gasteiger partial charge on any atom is -0.481 e. The maximum Gasteiger partial charge on any atom is 0.303 e. The molecule has 2 fully saturated rings. The van der Waals surface area contributed by atoms with Crippen molar-refractivity contribution in [1.29, 1.82) is 0 Å². The molecular formula is C25H23N3O7. The van der Waals surface area contributed by atoms with Crippen LogP contribution in [0.1, 0.15) is 29.5 Å². The van der Waals surface area contributed by atoms with Crippen LogP contribution in [0.15, 0.2) is 36.4 Å². The summed E-state index contributed by atoms with van der Waals surface area (Å²) in [5, 5.41) is 15.4. The highest BCUT2D eigenvalue weighted by atomic mass is 16.7. The summed E-state index contributed by atoms with van der Waals surface area (Å²) >= 11 is 0. The Kier molecular flexibility index (Phi) is 4.65. The van der Waals surface area contributed by atoms with E-state index in [0.717, 1.165) is 5.56 Å². The van der Waals surface area contributed by atoms with Crippen LogP contribution in [0, 0.1) is 18.8 Å². The van der Waals surface area contributed by atoms with Gasteiger partial charge in [0.25, 0.3) is 0 Å². The number of aliphatic carboxylic acids is 1. The Balaban J connectivity index is 1.40. The van der Waals surface area contributed by atoms with Gasteiger partial charge in [0.1, 0.15) is 5.54 Å². The standard InChI is InChI=1S/C25H23N3O7/c1-12-2-4-15-14(8-12)25(24(33)26-15)21-20(16(27-25)5-7-19(29)30)22(31)28(23(21)32)10-13-3-6-17-18(9-13)35-11-34-17/h2-4,6,8-9,16,20-21,27H,5,7,10-11H2,1H3,(H,26,33)(H,29,30)/t16-,20-,21-,25+/m1/s1. The lowest BCUT2D eigenvalue weighted by Gasteiger charge is -2.29. The van der Waals surface area contributed by atoms with E-state index in [1.807, 2.05) is 19.1 Å².